The van der Waals surface area contributed by atoms with Gasteiger partial charge in [-0.2, -0.15) is 4.98 Å². The number of hydrogen-bond donors (Lipinski definition) is 2. The van der Waals surface area contributed by atoms with Crippen molar-refractivity contribution >= 4 is 28.6 Å². The van der Waals surface area contributed by atoms with E-state index in [1.165, 1.54) is 12.5 Å². The number of anilines is 2. The second kappa shape index (κ2) is 5.51. The molecular weight excluding hydrogens is 320 g/mol. The van der Waals surface area contributed by atoms with Crippen LogP contribution < -0.4 is 10.6 Å². The second-order valence-electron chi connectivity index (χ2n) is 6.63. The summed E-state index contributed by atoms with van der Waals surface area (Å²) in [6, 6.07) is 0. The van der Waals surface area contributed by atoms with Gasteiger partial charge in [0.1, 0.15) is 17.9 Å². The molecule has 1 aliphatic carbocycles. The number of hydrogen-bond acceptors (Lipinski definition) is 7. The lowest BCUT2D eigenvalue weighted by Gasteiger charge is -2.13. The van der Waals surface area contributed by atoms with Gasteiger partial charge in [-0.1, -0.05) is 0 Å². The summed E-state index contributed by atoms with van der Waals surface area (Å²) >= 11 is 0. The summed E-state index contributed by atoms with van der Waals surface area (Å²) in [6.45, 7) is 5.73. The van der Waals surface area contributed by atoms with Crippen molar-refractivity contribution in [3.8, 4) is 0 Å². The zero-order chi connectivity index (χ0) is 17.6. The summed E-state index contributed by atoms with van der Waals surface area (Å²) in [5.41, 5.74) is 1.49. The minimum absolute atomic E-state index is 0.0146. The fourth-order valence-corrected chi connectivity index (χ4v) is 2.61. The Balaban J connectivity index is 1.72. The monoisotopic (exact) mass is 338 g/mol. The van der Waals surface area contributed by atoms with Gasteiger partial charge in [0.2, 0.25) is 5.71 Å². The molecule has 8 nitrogen and oxygen atoms in total. The lowest BCUT2D eigenvalue weighted by atomic mass is 10.2. The van der Waals surface area contributed by atoms with Crippen molar-refractivity contribution in [1.82, 2.24) is 19.9 Å². The molecule has 0 bridgehead atoms. The molecule has 1 aliphatic rings. The number of carbonyl (C=O) groups excluding carboxylic acids is 1. The van der Waals surface area contributed by atoms with Crippen LogP contribution in [0.25, 0.3) is 11.1 Å². The van der Waals surface area contributed by atoms with Gasteiger partial charge in [-0.3, -0.25) is 9.78 Å². The fourth-order valence-electron chi connectivity index (χ4n) is 2.61. The highest BCUT2D eigenvalue weighted by Gasteiger charge is 2.38. The Morgan fingerprint density at radius 1 is 1.20 bits per heavy atom. The van der Waals surface area contributed by atoms with Crippen molar-refractivity contribution < 1.29 is 9.21 Å². The molecule has 0 aliphatic heterocycles. The molecule has 0 saturated heterocycles. The maximum Gasteiger partial charge on any atom is 0.260 e. The smallest absolute Gasteiger partial charge is 0.260 e. The third kappa shape index (κ3) is 3.02. The quantitative estimate of drug-likeness (QED) is 0.753. The standard InChI is InChI=1S/C17H18N6O2/c1-9-6-18-7-12(19-9)22-15(24)11-8-25-16-13(11)14(20-10(2)21-16)23-17(3)4-5-17/h6-8H,4-5H2,1-3H3,(H,19,22,24)(H,20,21,23). The number of furan rings is 1. The number of nitrogens with zero attached hydrogens (tertiary/aromatic N) is 4. The van der Waals surface area contributed by atoms with E-state index in [1.54, 1.807) is 13.1 Å². The Kier molecular flexibility index (Phi) is 3.41. The van der Waals surface area contributed by atoms with Crippen molar-refractivity contribution in [3.05, 3.63) is 35.7 Å². The molecule has 128 valence electrons. The predicted octanol–water partition coefficient (Wildman–Crippen LogP) is 2.85. The highest BCUT2D eigenvalue weighted by atomic mass is 16.3. The third-order valence-electron chi connectivity index (χ3n) is 4.21. The molecule has 1 fully saturated rings. The largest absolute Gasteiger partial charge is 0.445 e. The minimum Gasteiger partial charge on any atom is -0.445 e. The van der Waals surface area contributed by atoms with Crippen molar-refractivity contribution in [2.24, 2.45) is 0 Å². The van der Waals surface area contributed by atoms with Crippen LogP contribution >= 0.6 is 0 Å². The van der Waals surface area contributed by atoms with Crippen LogP contribution in [0.4, 0.5) is 11.6 Å². The summed E-state index contributed by atoms with van der Waals surface area (Å²) in [5, 5.41) is 6.73. The van der Waals surface area contributed by atoms with E-state index in [0.29, 0.717) is 34.1 Å². The molecular formula is C17H18N6O2. The van der Waals surface area contributed by atoms with Gasteiger partial charge in [0, 0.05) is 11.7 Å². The van der Waals surface area contributed by atoms with Crippen LogP contribution in [0.3, 0.4) is 0 Å². The molecule has 1 amide bonds. The summed E-state index contributed by atoms with van der Waals surface area (Å²) in [6.07, 6.45) is 6.65. The normalized spacial score (nSPS) is 15.2. The van der Waals surface area contributed by atoms with Crippen molar-refractivity contribution in [2.75, 3.05) is 10.6 Å². The molecule has 0 spiro atoms. The van der Waals surface area contributed by atoms with Gasteiger partial charge in [0.25, 0.3) is 5.91 Å². The Bertz CT molecular complexity index is 976. The van der Waals surface area contributed by atoms with E-state index in [1.807, 2.05) is 6.92 Å². The maximum atomic E-state index is 12.7. The van der Waals surface area contributed by atoms with Crippen LogP contribution in [0.15, 0.2) is 23.1 Å². The SMILES string of the molecule is Cc1cncc(NC(=O)c2coc3nc(C)nc(NC4(C)CC4)c23)n1. The Hall–Kier alpha value is -3.03. The van der Waals surface area contributed by atoms with E-state index in [-0.39, 0.29) is 11.4 Å². The van der Waals surface area contributed by atoms with Crippen molar-refractivity contribution in [2.45, 2.75) is 39.2 Å². The van der Waals surface area contributed by atoms with Crippen LogP contribution in [0.5, 0.6) is 0 Å². The van der Waals surface area contributed by atoms with Crippen LogP contribution in [0, 0.1) is 13.8 Å². The molecule has 0 unspecified atom stereocenters. The highest BCUT2D eigenvalue weighted by Crippen LogP contribution is 2.40. The maximum absolute atomic E-state index is 12.7. The average molecular weight is 338 g/mol. The number of nitrogens with one attached hydrogen (secondary N) is 2. The average Bonchev–Trinajstić information content (AvgIpc) is 3.10. The number of aromatic nitrogens is 4. The lowest BCUT2D eigenvalue weighted by molar-refractivity contribution is 0.102. The lowest BCUT2D eigenvalue weighted by Crippen LogP contribution is -2.19. The molecule has 3 aromatic rings. The first-order valence-corrected chi connectivity index (χ1v) is 8.08. The second-order valence-corrected chi connectivity index (χ2v) is 6.63. The minimum atomic E-state index is -0.338. The zero-order valence-electron chi connectivity index (χ0n) is 14.3. The van der Waals surface area contributed by atoms with E-state index in [4.69, 9.17) is 4.42 Å². The first kappa shape index (κ1) is 15.5. The van der Waals surface area contributed by atoms with Gasteiger partial charge in [0.05, 0.1) is 22.8 Å². The number of fused-ring (bicyclic) bond motifs is 1. The number of carbonyl (C=O) groups is 1. The van der Waals surface area contributed by atoms with Crippen LogP contribution in [-0.2, 0) is 0 Å². The van der Waals surface area contributed by atoms with E-state index in [0.717, 1.165) is 18.5 Å². The van der Waals surface area contributed by atoms with Gasteiger partial charge in [0.15, 0.2) is 5.82 Å². The van der Waals surface area contributed by atoms with E-state index in [2.05, 4.69) is 37.5 Å². The van der Waals surface area contributed by atoms with Crippen molar-refractivity contribution in [3.63, 3.8) is 0 Å². The molecule has 8 heteroatoms. The molecule has 3 aromatic heterocycles. The number of rotatable bonds is 4. The van der Waals surface area contributed by atoms with E-state index < -0.39 is 0 Å². The van der Waals surface area contributed by atoms with Crippen LogP contribution in [0.2, 0.25) is 0 Å². The summed E-state index contributed by atoms with van der Waals surface area (Å²) in [5.74, 6) is 1.26. The van der Waals surface area contributed by atoms with Gasteiger partial charge in [-0.15, -0.1) is 0 Å². The molecule has 3 heterocycles. The highest BCUT2D eigenvalue weighted by molar-refractivity contribution is 6.14. The molecule has 0 radical (unpaired) electrons. The summed E-state index contributed by atoms with van der Waals surface area (Å²) in [4.78, 5) is 29.7. The molecule has 4 rings (SSSR count). The fraction of sp³-hybridized carbons (Fsp3) is 0.353. The first-order chi connectivity index (χ1) is 11.9. The first-order valence-electron chi connectivity index (χ1n) is 8.08. The molecule has 25 heavy (non-hydrogen) atoms. The third-order valence-corrected chi connectivity index (χ3v) is 4.21. The molecule has 1 saturated carbocycles. The van der Waals surface area contributed by atoms with Gasteiger partial charge < -0.3 is 15.1 Å². The summed E-state index contributed by atoms with van der Waals surface area (Å²) < 4.78 is 5.50. The zero-order valence-corrected chi connectivity index (χ0v) is 14.3. The van der Waals surface area contributed by atoms with E-state index in [9.17, 15) is 4.79 Å². The van der Waals surface area contributed by atoms with Crippen LogP contribution in [-0.4, -0.2) is 31.4 Å². The van der Waals surface area contributed by atoms with Gasteiger partial charge in [-0.05, 0) is 33.6 Å². The van der Waals surface area contributed by atoms with Gasteiger partial charge in [-0.25, -0.2) is 9.97 Å². The van der Waals surface area contributed by atoms with Crippen molar-refractivity contribution in [1.29, 1.82) is 0 Å². The van der Waals surface area contributed by atoms with Crippen LogP contribution in [0.1, 0.15) is 41.6 Å². The molecule has 0 atom stereocenters. The number of amides is 1. The van der Waals surface area contributed by atoms with E-state index >= 15 is 0 Å². The topological polar surface area (TPSA) is 106 Å². The van der Waals surface area contributed by atoms with Gasteiger partial charge >= 0.3 is 0 Å². The molecule has 0 aromatic carbocycles. The summed E-state index contributed by atoms with van der Waals surface area (Å²) in [7, 11) is 0. The Morgan fingerprint density at radius 3 is 2.72 bits per heavy atom. The number of aryl methyl sites for hydroxylation is 2. The Morgan fingerprint density at radius 2 is 2.00 bits per heavy atom. The Labute approximate surface area is 144 Å². The predicted molar refractivity (Wildman–Crippen MR) is 92.5 cm³/mol. The molecule has 2 N–H and O–H groups in total.